The second-order valence-corrected chi connectivity index (χ2v) is 6.46. The van der Waals surface area contributed by atoms with Crippen LogP contribution in [0.1, 0.15) is 24.1 Å². The third kappa shape index (κ3) is 3.59. The van der Waals surface area contributed by atoms with Crippen molar-refractivity contribution in [2.24, 2.45) is 5.92 Å². The quantitative estimate of drug-likeness (QED) is 0.910. The molecule has 0 unspecified atom stereocenters. The zero-order valence-electron chi connectivity index (χ0n) is 14.2. The number of hydrogen-bond acceptors (Lipinski definition) is 3. The third-order valence-electron chi connectivity index (χ3n) is 4.56. The number of carbonyl (C=O) groups excluding carboxylic acids is 1. The van der Waals surface area contributed by atoms with E-state index in [1.165, 1.54) is 5.56 Å². The highest BCUT2D eigenvalue weighted by atomic mass is 16.3. The summed E-state index contributed by atoms with van der Waals surface area (Å²) in [6, 6.07) is 9.86. The number of hydrogen-bond donors (Lipinski definition) is 2. The molecule has 2 aromatic rings. The van der Waals surface area contributed by atoms with Crippen LogP contribution in [0.2, 0.25) is 0 Å². The van der Waals surface area contributed by atoms with Crippen molar-refractivity contribution in [2.75, 3.05) is 25.0 Å². The van der Waals surface area contributed by atoms with Gasteiger partial charge in [-0.25, -0.2) is 9.48 Å². The van der Waals surface area contributed by atoms with Crippen LogP contribution in [0.3, 0.4) is 0 Å². The van der Waals surface area contributed by atoms with E-state index in [2.05, 4.69) is 10.4 Å². The number of likely N-dealkylation sites (tertiary alicyclic amines) is 1. The second-order valence-electron chi connectivity index (χ2n) is 6.46. The Morgan fingerprint density at radius 2 is 1.92 bits per heavy atom. The normalized spacial score (nSPS) is 15.5. The van der Waals surface area contributed by atoms with Gasteiger partial charge in [-0.05, 0) is 44.7 Å². The molecule has 0 atom stereocenters. The predicted octanol–water partition coefficient (Wildman–Crippen LogP) is 2.73. The molecule has 128 valence electrons. The zero-order valence-corrected chi connectivity index (χ0v) is 14.2. The second kappa shape index (κ2) is 7.05. The fourth-order valence-electron chi connectivity index (χ4n) is 2.99. The van der Waals surface area contributed by atoms with Gasteiger partial charge in [0.25, 0.3) is 0 Å². The molecule has 1 aliphatic heterocycles. The Labute approximate surface area is 142 Å². The number of rotatable bonds is 3. The molecule has 1 fully saturated rings. The number of aromatic nitrogens is 2. The molecular weight excluding hydrogens is 304 g/mol. The molecule has 0 spiro atoms. The number of nitrogens with zero attached hydrogens (tertiary/aromatic N) is 3. The topological polar surface area (TPSA) is 70.4 Å². The number of carbonyl (C=O) groups is 1. The fraction of sp³-hybridized carbons (Fsp3) is 0.444. The molecule has 6 nitrogen and oxygen atoms in total. The minimum Gasteiger partial charge on any atom is -0.396 e. The number of nitrogens with one attached hydrogen (secondary N) is 1. The minimum absolute atomic E-state index is 0.125. The molecule has 1 aromatic heterocycles. The van der Waals surface area contributed by atoms with Crippen LogP contribution in [0.25, 0.3) is 5.69 Å². The Morgan fingerprint density at radius 3 is 2.54 bits per heavy atom. The van der Waals surface area contributed by atoms with Crippen LogP contribution in [-0.4, -0.2) is 45.5 Å². The van der Waals surface area contributed by atoms with Gasteiger partial charge < -0.3 is 10.0 Å². The van der Waals surface area contributed by atoms with Crippen molar-refractivity contribution < 1.29 is 9.90 Å². The molecule has 6 heteroatoms. The lowest BCUT2D eigenvalue weighted by Crippen LogP contribution is -2.41. The lowest BCUT2D eigenvalue weighted by Gasteiger charge is -2.30. The van der Waals surface area contributed by atoms with E-state index < -0.39 is 0 Å². The molecule has 2 amide bonds. The van der Waals surface area contributed by atoms with Crippen molar-refractivity contribution in [3.05, 3.63) is 41.6 Å². The van der Waals surface area contributed by atoms with Crippen LogP contribution in [-0.2, 0) is 0 Å². The number of amides is 2. The first-order valence-corrected chi connectivity index (χ1v) is 8.37. The van der Waals surface area contributed by atoms with E-state index in [0.717, 1.165) is 24.2 Å². The Morgan fingerprint density at radius 1 is 1.25 bits per heavy atom. The number of aliphatic hydroxyl groups is 1. The predicted molar refractivity (Wildman–Crippen MR) is 93.4 cm³/mol. The summed E-state index contributed by atoms with van der Waals surface area (Å²) in [5.41, 5.74) is 3.14. The van der Waals surface area contributed by atoms with E-state index in [-0.39, 0.29) is 12.6 Å². The summed E-state index contributed by atoms with van der Waals surface area (Å²) in [6.45, 7) is 5.57. The van der Waals surface area contributed by atoms with E-state index in [0.29, 0.717) is 24.8 Å². The first-order chi connectivity index (χ1) is 11.6. The number of aryl methyl sites for hydroxylation is 2. The smallest absolute Gasteiger partial charge is 0.323 e. The van der Waals surface area contributed by atoms with E-state index >= 15 is 0 Å². The lowest BCUT2D eigenvalue weighted by atomic mass is 9.98. The molecule has 0 bridgehead atoms. The number of benzene rings is 1. The molecule has 0 radical (unpaired) electrons. The summed E-state index contributed by atoms with van der Waals surface area (Å²) >= 11 is 0. The van der Waals surface area contributed by atoms with Crippen molar-refractivity contribution in [1.82, 2.24) is 14.7 Å². The van der Waals surface area contributed by atoms with Crippen LogP contribution in [0.15, 0.2) is 30.3 Å². The summed E-state index contributed by atoms with van der Waals surface area (Å²) in [7, 11) is 0. The van der Waals surface area contributed by atoms with Gasteiger partial charge in [0.05, 0.1) is 5.69 Å². The van der Waals surface area contributed by atoms with Crippen LogP contribution in [0.4, 0.5) is 10.6 Å². The first kappa shape index (κ1) is 16.5. The summed E-state index contributed by atoms with van der Waals surface area (Å²) in [5.74, 6) is 0.874. The Bertz CT molecular complexity index is 700. The molecule has 24 heavy (non-hydrogen) atoms. The number of piperidine rings is 1. The van der Waals surface area contributed by atoms with Crippen molar-refractivity contribution >= 4 is 11.8 Å². The molecule has 1 aromatic carbocycles. The maximum atomic E-state index is 12.4. The maximum Gasteiger partial charge on any atom is 0.323 e. The Kier molecular flexibility index (Phi) is 4.85. The largest absolute Gasteiger partial charge is 0.396 e. The summed E-state index contributed by atoms with van der Waals surface area (Å²) in [5, 5.41) is 16.6. The van der Waals surface area contributed by atoms with Gasteiger partial charge in [0.15, 0.2) is 5.82 Å². The van der Waals surface area contributed by atoms with Crippen LogP contribution < -0.4 is 5.32 Å². The van der Waals surface area contributed by atoms with Gasteiger partial charge in [0.1, 0.15) is 0 Å². The molecule has 3 rings (SSSR count). The SMILES string of the molecule is Cc1ccc(-n2nc(NC(=O)N3CCC(CO)CC3)cc2C)cc1. The molecule has 2 heterocycles. The summed E-state index contributed by atoms with van der Waals surface area (Å²) in [6.07, 6.45) is 1.70. The Hall–Kier alpha value is -2.34. The van der Waals surface area contributed by atoms with Gasteiger partial charge in [-0.15, -0.1) is 5.10 Å². The Balaban J connectivity index is 1.67. The monoisotopic (exact) mass is 328 g/mol. The average molecular weight is 328 g/mol. The van der Waals surface area contributed by atoms with Crippen molar-refractivity contribution in [3.8, 4) is 5.69 Å². The molecule has 1 saturated heterocycles. The van der Waals surface area contributed by atoms with Gasteiger partial charge in [0, 0.05) is 31.5 Å². The van der Waals surface area contributed by atoms with Gasteiger partial charge in [-0.3, -0.25) is 5.32 Å². The number of aliphatic hydroxyl groups excluding tert-OH is 1. The zero-order chi connectivity index (χ0) is 17.1. The van der Waals surface area contributed by atoms with Gasteiger partial charge in [-0.1, -0.05) is 17.7 Å². The van der Waals surface area contributed by atoms with E-state index in [9.17, 15) is 9.90 Å². The molecular formula is C18H24N4O2. The van der Waals surface area contributed by atoms with Gasteiger partial charge >= 0.3 is 6.03 Å². The van der Waals surface area contributed by atoms with E-state index in [1.54, 1.807) is 4.90 Å². The average Bonchev–Trinajstić information content (AvgIpc) is 2.96. The molecule has 1 aliphatic rings. The third-order valence-corrected chi connectivity index (χ3v) is 4.56. The molecule has 2 N–H and O–H groups in total. The fourth-order valence-corrected chi connectivity index (χ4v) is 2.99. The highest BCUT2D eigenvalue weighted by Gasteiger charge is 2.22. The van der Waals surface area contributed by atoms with Crippen molar-refractivity contribution in [1.29, 1.82) is 0 Å². The maximum absolute atomic E-state index is 12.4. The van der Waals surface area contributed by atoms with E-state index in [1.807, 2.05) is 48.9 Å². The lowest BCUT2D eigenvalue weighted by molar-refractivity contribution is 0.143. The van der Waals surface area contributed by atoms with Crippen molar-refractivity contribution in [2.45, 2.75) is 26.7 Å². The van der Waals surface area contributed by atoms with Crippen LogP contribution in [0, 0.1) is 19.8 Å². The van der Waals surface area contributed by atoms with Crippen LogP contribution in [0.5, 0.6) is 0 Å². The van der Waals surface area contributed by atoms with Gasteiger partial charge in [-0.2, -0.15) is 0 Å². The summed E-state index contributed by atoms with van der Waals surface area (Å²) < 4.78 is 1.83. The minimum atomic E-state index is -0.125. The highest BCUT2D eigenvalue weighted by molar-refractivity contribution is 5.88. The highest BCUT2D eigenvalue weighted by Crippen LogP contribution is 2.19. The summed E-state index contributed by atoms with van der Waals surface area (Å²) in [4.78, 5) is 14.2. The van der Waals surface area contributed by atoms with E-state index in [4.69, 9.17) is 0 Å². The van der Waals surface area contributed by atoms with Gasteiger partial charge in [0.2, 0.25) is 0 Å². The standard InChI is InChI=1S/C18H24N4O2/c1-13-3-5-16(6-4-13)22-14(2)11-17(20-22)19-18(24)21-9-7-15(12-23)8-10-21/h3-6,11,15,23H,7-10,12H2,1-2H3,(H,19,20,24). The first-order valence-electron chi connectivity index (χ1n) is 8.37. The number of urea groups is 1. The molecule has 0 aliphatic carbocycles. The van der Waals surface area contributed by atoms with Crippen LogP contribution >= 0.6 is 0 Å². The van der Waals surface area contributed by atoms with Crippen molar-refractivity contribution in [3.63, 3.8) is 0 Å². The number of anilines is 1. The molecule has 0 saturated carbocycles.